The molecule has 7 heteroatoms. The van der Waals surface area contributed by atoms with Crippen LogP contribution >= 0.6 is 0 Å². The summed E-state index contributed by atoms with van der Waals surface area (Å²) in [5, 5.41) is 14.1. The Hall–Kier alpha value is -3.61. The summed E-state index contributed by atoms with van der Waals surface area (Å²) >= 11 is 0. The molecule has 0 radical (unpaired) electrons. The number of amides is 1. The number of carbonyl (C=O) groups excluding carboxylic acids is 1. The van der Waals surface area contributed by atoms with E-state index in [1.165, 1.54) is 11.1 Å². The van der Waals surface area contributed by atoms with E-state index in [0.29, 0.717) is 18.5 Å². The van der Waals surface area contributed by atoms with Crippen LogP contribution in [0.5, 0.6) is 0 Å². The molecule has 0 aliphatic heterocycles. The van der Waals surface area contributed by atoms with Gasteiger partial charge < -0.3 is 9.84 Å². The van der Waals surface area contributed by atoms with Crippen molar-refractivity contribution < 1.29 is 19.4 Å². The first kappa shape index (κ1) is 21.6. The third kappa shape index (κ3) is 3.98. The van der Waals surface area contributed by atoms with Crippen LogP contribution < -0.4 is 0 Å². The molecule has 1 atom stereocenters. The molecule has 1 N–H and O–H groups in total. The number of aromatic nitrogens is 2. The number of hydrogen-bond donors (Lipinski definition) is 1. The van der Waals surface area contributed by atoms with Crippen LogP contribution in [0.2, 0.25) is 0 Å². The zero-order valence-electron chi connectivity index (χ0n) is 18.3. The number of benzene rings is 2. The predicted octanol–water partition coefficient (Wildman–Crippen LogP) is 4.69. The fourth-order valence-electron chi connectivity index (χ4n) is 4.39. The van der Waals surface area contributed by atoms with Crippen molar-refractivity contribution in [3.05, 3.63) is 77.6 Å². The van der Waals surface area contributed by atoms with Gasteiger partial charge in [-0.3, -0.25) is 9.58 Å². The number of aryl methyl sites for hydroxylation is 1. The number of carbonyl (C=O) groups is 2. The average molecular weight is 434 g/mol. The van der Waals surface area contributed by atoms with E-state index in [-0.39, 0.29) is 19.1 Å². The van der Waals surface area contributed by atoms with E-state index in [1.807, 2.05) is 38.1 Å². The maximum Gasteiger partial charge on any atom is 0.410 e. The van der Waals surface area contributed by atoms with Gasteiger partial charge in [0.1, 0.15) is 6.61 Å². The maximum atomic E-state index is 13.1. The van der Waals surface area contributed by atoms with E-state index in [2.05, 4.69) is 29.4 Å². The Morgan fingerprint density at radius 3 is 2.25 bits per heavy atom. The second kappa shape index (κ2) is 9.26. The number of carboxylic acids is 1. The first-order chi connectivity index (χ1) is 15.5. The van der Waals surface area contributed by atoms with Crippen LogP contribution in [0.1, 0.15) is 48.9 Å². The van der Waals surface area contributed by atoms with Gasteiger partial charge in [0.15, 0.2) is 6.04 Å². The SMILES string of the molecule is CCCN(C(=O)OCC1c2ccccc2-c2ccccc21)C(C(=O)O)c1cnn(CC)c1. The van der Waals surface area contributed by atoms with Gasteiger partial charge in [-0.15, -0.1) is 0 Å². The van der Waals surface area contributed by atoms with Crippen LogP contribution in [-0.4, -0.2) is 45.0 Å². The van der Waals surface area contributed by atoms with Crippen LogP contribution in [0.3, 0.4) is 0 Å². The van der Waals surface area contributed by atoms with E-state index >= 15 is 0 Å². The molecule has 32 heavy (non-hydrogen) atoms. The molecule has 1 aliphatic carbocycles. The second-order valence-electron chi connectivity index (χ2n) is 7.87. The molecule has 0 saturated heterocycles. The van der Waals surface area contributed by atoms with Gasteiger partial charge in [0, 0.05) is 30.8 Å². The van der Waals surface area contributed by atoms with Gasteiger partial charge in [0.25, 0.3) is 0 Å². The van der Waals surface area contributed by atoms with Crippen molar-refractivity contribution in [2.45, 2.75) is 38.8 Å². The quantitative estimate of drug-likeness (QED) is 0.557. The van der Waals surface area contributed by atoms with E-state index in [1.54, 1.807) is 10.9 Å². The lowest BCUT2D eigenvalue weighted by atomic mass is 9.98. The topological polar surface area (TPSA) is 84.7 Å². The number of fused-ring (bicyclic) bond motifs is 3. The molecule has 7 nitrogen and oxygen atoms in total. The minimum absolute atomic E-state index is 0.0825. The summed E-state index contributed by atoms with van der Waals surface area (Å²) in [6.07, 6.45) is 3.14. The van der Waals surface area contributed by atoms with Crippen LogP contribution in [0.15, 0.2) is 60.9 Å². The highest BCUT2D eigenvalue weighted by atomic mass is 16.6. The standard InChI is InChI=1S/C25H27N3O4/c1-3-13-28(23(24(29)30)17-14-26-27(4-2)15-17)25(31)32-16-22-20-11-7-5-9-18(20)19-10-6-8-12-21(19)22/h5-12,14-15,22-23H,3-4,13,16H2,1-2H3,(H,29,30). The van der Waals surface area contributed by atoms with Crippen LogP contribution in [0, 0.1) is 0 Å². The predicted molar refractivity (Wildman–Crippen MR) is 120 cm³/mol. The number of ether oxygens (including phenoxy) is 1. The van der Waals surface area contributed by atoms with Crippen LogP contribution in [0.4, 0.5) is 4.79 Å². The molecule has 0 saturated carbocycles. The van der Waals surface area contributed by atoms with Crippen molar-refractivity contribution in [3.8, 4) is 11.1 Å². The first-order valence-corrected chi connectivity index (χ1v) is 10.9. The summed E-state index contributed by atoms with van der Waals surface area (Å²) in [5.41, 5.74) is 4.97. The van der Waals surface area contributed by atoms with Gasteiger partial charge in [-0.2, -0.15) is 5.10 Å². The Morgan fingerprint density at radius 1 is 1.09 bits per heavy atom. The Balaban J connectivity index is 1.57. The minimum atomic E-state index is -1.15. The molecular formula is C25H27N3O4. The van der Waals surface area contributed by atoms with Crippen molar-refractivity contribution >= 4 is 12.1 Å². The average Bonchev–Trinajstić information content (AvgIpc) is 3.40. The summed E-state index contributed by atoms with van der Waals surface area (Å²) in [5.74, 6) is -1.19. The smallest absolute Gasteiger partial charge is 0.410 e. The summed E-state index contributed by atoms with van der Waals surface area (Å²) in [6.45, 7) is 4.85. The highest BCUT2D eigenvalue weighted by Crippen LogP contribution is 2.44. The Kier molecular flexibility index (Phi) is 6.25. The van der Waals surface area contributed by atoms with Gasteiger partial charge in [-0.05, 0) is 35.6 Å². The molecule has 1 heterocycles. The lowest BCUT2D eigenvalue weighted by molar-refractivity contribution is -0.143. The van der Waals surface area contributed by atoms with Crippen molar-refractivity contribution in [1.29, 1.82) is 0 Å². The van der Waals surface area contributed by atoms with Gasteiger partial charge in [0.05, 0.1) is 6.20 Å². The summed E-state index contributed by atoms with van der Waals surface area (Å²) in [6, 6.07) is 15.1. The molecule has 1 unspecified atom stereocenters. The third-order valence-corrected chi connectivity index (χ3v) is 5.87. The van der Waals surface area contributed by atoms with Crippen LogP contribution in [0.25, 0.3) is 11.1 Å². The van der Waals surface area contributed by atoms with E-state index in [9.17, 15) is 14.7 Å². The number of nitrogens with zero attached hydrogens (tertiary/aromatic N) is 3. The molecule has 1 amide bonds. The highest BCUT2D eigenvalue weighted by Gasteiger charge is 2.34. The number of hydrogen-bond acceptors (Lipinski definition) is 4. The van der Waals surface area contributed by atoms with Crippen LogP contribution in [-0.2, 0) is 16.1 Å². The first-order valence-electron chi connectivity index (χ1n) is 10.9. The maximum absolute atomic E-state index is 13.1. The summed E-state index contributed by atoms with van der Waals surface area (Å²) in [4.78, 5) is 26.5. The van der Waals surface area contributed by atoms with Crippen molar-refractivity contribution in [2.24, 2.45) is 0 Å². The fourth-order valence-corrected chi connectivity index (χ4v) is 4.39. The van der Waals surface area contributed by atoms with E-state index < -0.39 is 18.1 Å². The van der Waals surface area contributed by atoms with Crippen molar-refractivity contribution in [1.82, 2.24) is 14.7 Å². The van der Waals surface area contributed by atoms with E-state index in [0.717, 1.165) is 22.3 Å². The van der Waals surface area contributed by atoms with Crippen molar-refractivity contribution in [3.63, 3.8) is 0 Å². The van der Waals surface area contributed by atoms with Crippen molar-refractivity contribution in [2.75, 3.05) is 13.2 Å². The van der Waals surface area contributed by atoms with Gasteiger partial charge >= 0.3 is 12.1 Å². The Labute approximate surface area is 187 Å². The molecule has 1 aliphatic rings. The number of aliphatic carboxylic acids is 1. The lowest BCUT2D eigenvalue weighted by Crippen LogP contribution is -2.40. The molecule has 166 valence electrons. The fraction of sp³-hybridized carbons (Fsp3) is 0.320. The molecule has 2 aromatic carbocycles. The zero-order valence-corrected chi connectivity index (χ0v) is 18.3. The summed E-state index contributed by atoms with van der Waals surface area (Å²) < 4.78 is 7.38. The zero-order chi connectivity index (χ0) is 22.7. The molecule has 1 aromatic heterocycles. The normalized spacial score (nSPS) is 13.3. The van der Waals surface area contributed by atoms with Gasteiger partial charge in [-0.25, -0.2) is 9.59 Å². The minimum Gasteiger partial charge on any atom is -0.479 e. The molecule has 0 fully saturated rings. The molecular weight excluding hydrogens is 406 g/mol. The lowest BCUT2D eigenvalue weighted by Gasteiger charge is -2.28. The monoisotopic (exact) mass is 433 g/mol. The Bertz CT molecular complexity index is 1080. The molecule has 0 spiro atoms. The van der Waals surface area contributed by atoms with Gasteiger partial charge in [-0.1, -0.05) is 55.5 Å². The van der Waals surface area contributed by atoms with E-state index in [4.69, 9.17) is 4.74 Å². The summed E-state index contributed by atoms with van der Waals surface area (Å²) in [7, 11) is 0. The number of rotatable bonds is 8. The largest absolute Gasteiger partial charge is 0.479 e. The molecule has 0 bridgehead atoms. The Morgan fingerprint density at radius 2 is 1.72 bits per heavy atom. The molecule has 4 rings (SSSR count). The third-order valence-electron chi connectivity index (χ3n) is 5.87. The molecule has 3 aromatic rings. The number of carboxylic acid groups (broad SMARTS) is 1. The van der Waals surface area contributed by atoms with Gasteiger partial charge in [0.2, 0.25) is 0 Å². The highest BCUT2D eigenvalue weighted by molar-refractivity contribution is 5.82. The second-order valence-corrected chi connectivity index (χ2v) is 7.87.